The number of fused-ring (bicyclic) bond motifs is 4. The molecule has 0 atom stereocenters. The highest BCUT2D eigenvalue weighted by molar-refractivity contribution is 6.37. The summed E-state index contributed by atoms with van der Waals surface area (Å²) in [5.41, 5.74) is 11.4. The minimum absolute atomic E-state index is 0.313. The number of rotatable bonds is 6. The van der Waals surface area contributed by atoms with Crippen molar-refractivity contribution < 1.29 is 9.59 Å². The van der Waals surface area contributed by atoms with Crippen molar-refractivity contribution in [3.05, 3.63) is 204 Å². The van der Waals surface area contributed by atoms with E-state index in [1.54, 1.807) is 18.2 Å². The summed E-state index contributed by atoms with van der Waals surface area (Å²) in [7, 11) is 0. The Morgan fingerprint density at radius 2 is 0.862 bits per heavy atom. The minimum atomic E-state index is -0.410. The lowest BCUT2D eigenvalue weighted by molar-refractivity contribution is 0.0926. The second-order valence-corrected chi connectivity index (χ2v) is 14.2. The fourth-order valence-corrected chi connectivity index (χ4v) is 8.45. The molecule has 0 unspecified atom stereocenters. The summed E-state index contributed by atoms with van der Waals surface area (Å²) in [5, 5.41) is 21.7. The summed E-state index contributed by atoms with van der Waals surface area (Å²) in [5.74, 6) is -0.803. The topological polar surface area (TPSA) is 89.9 Å². The average Bonchev–Trinajstić information content (AvgIpc) is 3.75. The Hall–Kier alpha value is -8.32. The first-order valence-corrected chi connectivity index (χ1v) is 18.9. The summed E-state index contributed by atoms with van der Waals surface area (Å²) in [6.07, 6.45) is 0. The average molecular weight is 743 g/mol. The predicted molar refractivity (Wildman–Crippen MR) is 230 cm³/mol. The highest BCUT2D eigenvalue weighted by Crippen LogP contribution is 2.45. The second-order valence-electron chi connectivity index (χ2n) is 14.2. The van der Waals surface area contributed by atoms with E-state index in [1.165, 1.54) is 4.90 Å². The molecule has 9 aromatic rings. The van der Waals surface area contributed by atoms with E-state index >= 15 is 4.79 Å². The molecule has 2 heterocycles. The van der Waals surface area contributed by atoms with E-state index < -0.39 is 11.8 Å². The summed E-state index contributed by atoms with van der Waals surface area (Å²) in [6, 6.07) is 62.9. The van der Waals surface area contributed by atoms with Crippen LogP contribution in [0, 0.1) is 22.7 Å². The number of anilines is 1. The van der Waals surface area contributed by atoms with Crippen LogP contribution in [0.15, 0.2) is 182 Å². The lowest BCUT2D eigenvalue weighted by atomic mass is 9.92. The summed E-state index contributed by atoms with van der Waals surface area (Å²) in [6.45, 7) is 0. The van der Waals surface area contributed by atoms with Crippen molar-refractivity contribution in [2.24, 2.45) is 0 Å². The van der Waals surface area contributed by atoms with Crippen molar-refractivity contribution in [3.8, 4) is 62.3 Å². The van der Waals surface area contributed by atoms with Crippen LogP contribution in [0.3, 0.4) is 0 Å². The first kappa shape index (κ1) is 34.2. The quantitative estimate of drug-likeness (QED) is 0.159. The van der Waals surface area contributed by atoms with Gasteiger partial charge in [-0.15, -0.1) is 0 Å². The molecule has 0 saturated heterocycles. The number of carbonyl (C=O) groups excluding carboxylic acids is 2. The van der Waals surface area contributed by atoms with Crippen LogP contribution in [-0.4, -0.2) is 16.4 Å². The Kier molecular flexibility index (Phi) is 8.11. The van der Waals surface area contributed by atoms with Crippen LogP contribution in [-0.2, 0) is 0 Å². The highest BCUT2D eigenvalue weighted by atomic mass is 16.2. The van der Waals surface area contributed by atoms with E-state index in [0.717, 1.165) is 66.3 Å². The third-order valence-corrected chi connectivity index (χ3v) is 11.0. The van der Waals surface area contributed by atoms with E-state index in [1.807, 2.05) is 152 Å². The number of imide groups is 1. The Morgan fingerprint density at radius 1 is 0.379 bits per heavy atom. The molecule has 0 aliphatic carbocycles. The number of carbonyl (C=O) groups is 2. The van der Waals surface area contributed by atoms with Gasteiger partial charge in [-0.2, -0.15) is 10.5 Å². The third-order valence-electron chi connectivity index (χ3n) is 11.0. The summed E-state index contributed by atoms with van der Waals surface area (Å²) >= 11 is 0. The number of hydrogen-bond donors (Lipinski definition) is 0. The monoisotopic (exact) mass is 742 g/mol. The molecule has 10 rings (SSSR count). The van der Waals surface area contributed by atoms with Crippen molar-refractivity contribution >= 4 is 39.3 Å². The van der Waals surface area contributed by atoms with E-state index in [9.17, 15) is 15.3 Å². The molecule has 0 saturated carbocycles. The van der Waals surface area contributed by atoms with Crippen molar-refractivity contribution in [3.63, 3.8) is 0 Å². The van der Waals surface area contributed by atoms with E-state index in [2.05, 4.69) is 28.8 Å². The van der Waals surface area contributed by atoms with Gasteiger partial charge in [0.15, 0.2) is 0 Å². The lowest BCUT2D eigenvalue weighted by Crippen LogP contribution is -2.30. The molecule has 2 amide bonds. The van der Waals surface area contributed by atoms with Crippen molar-refractivity contribution in [1.29, 1.82) is 10.5 Å². The number of amides is 2. The summed E-state index contributed by atoms with van der Waals surface area (Å²) in [4.78, 5) is 31.1. The normalized spacial score (nSPS) is 12.1. The van der Waals surface area contributed by atoms with Crippen molar-refractivity contribution in [2.75, 3.05) is 4.90 Å². The van der Waals surface area contributed by atoms with Crippen LogP contribution in [0.4, 0.5) is 5.69 Å². The number of hydrogen-bond acceptors (Lipinski definition) is 4. The van der Waals surface area contributed by atoms with Gasteiger partial charge in [0.05, 0.1) is 56.8 Å². The molecule has 0 bridgehead atoms. The van der Waals surface area contributed by atoms with Crippen LogP contribution in [0.5, 0.6) is 0 Å². The van der Waals surface area contributed by atoms with Gasteiger partial charge in [0, 0.05) is 16.3 Å². The largest absolute Gasteiger partial charge is 0.308 e. The maximum atomic E-state index is 15.1. The molecule has 1 aliphatic heterocycles. The van der Waals surface area contributed by atoms with Gasteiger partial charge in [-0.1, -0.05) is 127 Å². The smallest absolute Gasteiger partial charge is 0.268 e. The van der Waals surface area contributed by atoms with Gasteiger partial charge in [-0.3, -0.25) is 9.59 Å². The SMILES string of the molecule is N#Cc1ccccc1-c1ccc2c(c1)c1cc(-c3ccccc3C#N)ccc1n2-c1cccc2c1C(=O)N(c1cccc(-c3ccccc3)c1-c1ccccc1)C2=O. The minimum Gasteiger partial charge on any atom is -0.308 e. The number of benzene rings is 8. The number of nitriles is 2. The molecule has 58 heavy (non-hydrogen) atoms. The molecular formula is C52H30N4O2. The van der Waals surface area contributed by atoms with Gasteiger partial charge >= 0.3 is 0 Å². The molecule has 0 N–H and O–H groups in total. The molecule has 0 radical (unpaired) electrons. The number of nitrogens with zero attached hydrogens (tertiary/aromatic N) is 4. The van der Waals surface area contributed by atoms with Gasteiger partial charge < -0.3 is 4.57 Å². The van der Waals surface area contributed by atoms with Crippen LogP contribution >= 0.6 is 0 Å². The zero-order chi connectivity index (χ0) is 39.3. The van der Waals surface area contributed by atoms with Crippen molar-refractivity contribution in [2.45, 2.75) is 0 Å². The molecule has 0 spiro atoms. The predicted octanol–water partition coefficient (Wildman–Crippen LogP) is 12.0. The maximum absolute atomic E-state index is 15.1. The van der Waals surface area contributed by atoms with Crippen LogP contribution in [0.2, 0.25) is 0 Å². The molecule has 6 heteroatoms. The molecule has 6 nitrogen and oxygen atoms in total. The zero-order valence-corrected chi connectivity index (χ0v) is 30.9. The standard InChI is InChI=1S/C52H30N4O2/c53-31-37-17-7-9-19-39(37)35-25-27-45-43(29-35)44-30-36(40-20-10-8-18-38(40)32-54)26-28-46(44)55(45)48-24-12-22-42-50(48)52(58)56(51(42)57)47-23-11-21-41(33-13-3-1-4-14-33)49(47)34-15-5-2-6-16-34/h1-30H. The fourth-order valence-electron chi connectivity index (χ4n) is 8.45. The van der Waals surface area contributed by atoms with E-state index in [-0.39, 0.29) is 0 Å². The molecule has 8 aromatic carbocycles. The number of aromatic nitrogens is 1. The van der Waals surface area contributed by atoms with E-state index in [0.29, 0.717) is 33.6 Å². The molecule has 1 aromatic heterocycles. The van der Waals surface area contributed by atoms with Gasteiger partial charge in [0.1, 0.15) is 0 Å². The molecule has 0 fully saturated rings. The van der Waals surface area contributed by atoms with Gasteiger partial charge in [-0.05, 0) is 93.5 Å². The first-order chi connectivity index (χ1) is 28.6. The second kappa shape index (κ2) is 13.8. The Balaban J connectivity index is 1.20. The Labute approximate surface area is 334 Å². The molecule has 1 aliphatic rings. The Bertz CT molecular complexity index is 3130. The molecular weight excluding hydrogens is 713 g/mol. The first-order valence-electron chi connectivity index (χ1n) is 18.9. The van der Waals surface area contributed by atoms with Gasteiger partial charge in [0.2, 0.25) is 0 Å². The van der Waals surface area contributed by atoms with Crippen LogP contribution in [0.25, 0.3) is 72.0 Å². The van der Waals surface area contributed by atoms with Gasteiger partial charge in [0.25, 0.3) is 11.8 Å². The highest BCUT2D eigenvalue weighted by Gasteiger charge is 2.41. The third kappa shape index (κ3) is 5.33. The van der Waals surface area contributed by atoms with Crippen LogP contribution in [0.1, 0.15) is 31.8 Å². The molecule has 270 valence electrons. The fraction of sp³-hybridized carbons (Fsp3) is 0. The maximum Gasteiger partial charge on any atom is 0.268 e. The lowest BCUT2D eigenvalue weighted by Gasteiger charge is -2.22. The van der Waals surface area contributed by atoms with Crippen molar-refractivity contribution in [1.82, 2.24) is 4.57 Å². The van der Waals surface area contributed by atoms with Crippen LogP contribution < -0.4 is 4.90 Å². The van der Waals surface area contributed by atoms with E-state index in [4.69, 9.17) is 0 Å². The van der Waals surface area contributed by atoms with Gasteiger partial charge in [-0.25, -0.2) is 4.90 Å². The summed E-state index contributed by atoms with van der Waals surface area (Å²) < 4.78 is 2.05. The zero-order valence-electron chi connectivity index (χ0n) is 30.9. The Morgan fingerprint density at radius 3 is 1.43 bits per heavy atom.